The second kappa shape index (κ2) is 12.1. The van der Waals surface area contributed by atoms with Gasteiger partial charge in [0.05, 0.1) is 18.1 Å². The van der Waals surface area contributed by atoms with Crippen LogP contribution in [0.2, 0.25) is 0 Å². The number of benzene rings is 1. The van der Waals surface area contributed by atoms with Gasteiger partial charge in [0, 0.05) is 24.7 Å². The normalized spacial score (nSPS) is 10.7. The number of carbonyl (C=O) groups excluding carboxylic acids is 1. The second-order valence-electron chi connectivity index (χ2n) is 7.35. The van der Waals surface area contributed by atoms with E-state index in [2.05, 4.69) is 18.0 Å². The lowest BCUT2D eigenvalue weighted by atomic mass is 10.1. The Balaban J connectivity index is 1.51. The number of carbonyl (C=O) groups is 1. The van der Waals surface area contributed by atoms with Crippen LogP contribution in [0.15, 0.2) is 47.4 Å². The molecule has 0 atom stereocenters. The van der Waals surface area contributed by atoms with Crippen LogP contribution in [0, 0.1) is 0 Å². The largest absolute Gasteiger partial charge is 0.510 e. The molecule has 0 aliphatic heterocycles. The smallest absolute Gasteiger partial charge is 0.494 e. The van der Waals surface area contributed by atoms with Crippen LogP contribution in [0.4, 0.5) is 4.79 Å². The molecule has 0 spiro atoms. The summed E-state index contributed by atoms with van der Waals surface area (Å²) >= 11 is 0.911. The molecule has 3 aromatic rings. The van der Waals surface area contributed by atoms with E-state index in [-0.39, 0.29) is 12.5 Å². The summed E-state index contributed by atoms with van der Waals surface area (Å²) < 4.78 is 16.5. The molecule has 0 aliphatic carbocycles. The number of hydrogen-bond acceptors (Lipinski definition) is 8. The van der Waals surface area contributed by atoms with Crippen molar-refractivity contribution in [1.82, 2.24) is 9.55 Å². The molecular weight excluding hydrogens is 444 g/mol. The monoisotopic (exact) mass is 472 g/mol. The number of thiazole rings is 1. The number of rotatable bonds is 11. The van der Waals surface area contributed by atoms with Gasteiger partial charge < -0.3 is 19.3 Å². The van der Waals surface area contributed by atoms with Crippen molar-refractivity contribution in [2.45, 2.75) is 46.3 Å². The Bertz CT molecular complexity index is 1090. The Morgan fingerprint density at radius 1 is 1.06 bits per heavy atom. The highest BCUT2D eigenvalue weighted by Crippen LogP contribution is 2.24. The van der Waals surface area contributed by atoms with Gasteiger partial charge in [-0.3, -0.25) is 9.78 Å². The van der Waals surface area contributed by atoms with E-state index in [1.54, 1.807) is 0 Å². The minimum atomic E-state index is -0.875. The van der Waals surface area contributed by atoms with Gasteiger partial charge in [-0.05, 0) is 42.2 Å². The molecule has 0 bridgehead atoms. The lowest BCUT2D eigenvalue weighted by molar-refractivity contribution is 0.0316. The van der Waals surface area contributed by atoms with Gasteiger partial charge in [0.2, 0.25) is 5.88 Å². The molecule has 0 amide bonds. The number of ether oxygens (including phenoxy) is 3. The summed E-state index contributed by atoms with van der Waals surface area (Å²) in [6.45, 7) is 4.31. The van der Waals surface area contributed by atoms with Crippen LogP contribution in [0.25, 0.3) is 0 Å². The third kappa shape index (κ3) is 7.08. The quantitative estimate of drug-likeness (QED) is 0.415. The van der Waals surface area contributed by atoms with Crippen LogP contribution in [0.1, 0.15) is 42.0 Å². The fourth-order valence-electron chi connectivity index (χ4n) is 2.99. The lowest BCUT2D eigenvalue weighted by Crippen LogP contribution is -2.18. The van der Waals surface area contributed by atoms with Crippen LogP contribution in [-0.2, 0) is 35.5 Å². The van der Waals surface area contributed by atoms with E-state index in [4.69, 9.17) is 14.2 Å². The minimum Gasteiger partial charge on any atom is -0.494 e. The fourth-order valence-corrected chi connectivity index (χ4v) is 3.89. The molecule has 3 rings (SSSR count). The molecule has 1 N–H and O–H groups in total. The minimum absolute atomic E-state index is 0.213. The molecule has 33 heavy (non-hydrogen) atoms. The summed E-state index contributed by atoms with van der Waals surface area (Å²) in [5.41, 5.74) is 3.11. The second-order valence-corrected chi connectivity index (χ2v) is 8.39. The van der Waals surface area contributed by atoms with Crippen LogP contribution < -0.4 is 9.61 Å². The van der Waals surface area contributed by atoms with Gasteiger partial charge in [-0.2, -0.15) is 0 Å². The van der Waals surface area contributed by atoms with Crippen LogP contribution in [0.3, 0.4) is 0 Å². The Labute approximate surface area is 196 Å². The molecule has 9 heteroatoms. The average Bonchev–Trinajstić information content (AvgIpc) is 3.09. The predicted molar refractivity (Wildman–Crippen MR) is 125 cm³/mol. The lowest BCUT2D eigenvalue weighted by Gasteiger charge is -2.08. The molecule has 0 fully saturated rings. The standard InChI is InChI=1S/C24H28N2O6S/c1-3-12-31-24(29)32-16-26-22(27)21(33-23(26)28)14-18-6-9-20(10-7-18)30-13-11-19-8-5-17(4-2)15-25-19/h5-10,15,27H,3-4,11-14,16H2,1-2H3. The van der Waals surface area contributed by atoms with Crippen molar-refractivity contribution in [3.05, 3.63) is 74.0 Å². The number of hydrogen-bond donors (Lipinski definition) is 1. The van der Waals surface area contributed by atoms with Crippen molar-refractivity contribution in [3.63, 3.8) is 0 Å². The SMILES string of the molecule is CCCOC(=O)OCn1c(O)c(Cc2ccc(OCCc3ccc(CC)cn3)cc2)sc1=O. The van der Waals surface area contributed by atoms with Gasteiger partial charge >= 0.3 is 11.0 Å². The molecular formula is C24H28N2O6S. The van der Waals surface area contributed by atoms with Crippen molar-refractivity contribution < 1.29 is 24.1 Å². The maximum absolute atomic E-state index is 12.2. The summed E-state index contributed by atoms with van der Waals surface area (Å²) in [7, 11) is 0. The molecule has 2 aromatic heterocycles. The first kappa shape index (κ1) is 24.3. The summed E-state index contributed by atoms with van der Waals surface area (Å²) in [5, 5.41) is 10.4. The van der Waals surface area contributed by atoms with Gasteiger partial charge in [-0.15, -0.1) is 0 Å². The first-order chi connectivity index (χ1) is 16.0. The van der Waals surface area contributed by atoms with Gasteiger partial charge in [-0.25, -0.2) is 9.36 Å². The van der Waals surface area contributed by atoms with E-state index in [9.17, 15) is 14.7 Å². The first-order valence-electron chi connectivity index (χ1n) is 10.9. The van der Waals surface area contributed by atoms with E-state index in [1.165, 1.54) is 5.56 Å². The van der Waals surface area contributed by atoms with Gasteiger partial charge in [0.1, 0.15) is 5.75 Å². The molecule has 1 aromatic carbocycles. The number of pyridine rings is 1. The van der Waals surface area contributed by atoms with Crippen molar-refractivity contribution in [3.8, 4) is 11.6 Å². The summed E-state index contributed by atoms with van der Waals surface area (Å²) in [4.78, 5) is 28.1. The molecule has 0 unspecified atom stereocenters. The van der Waals surface area contributed by atoms with Crippen LogP contribution in [-0.4, -0.2) is 34.0 Å². The van der Waals surface area contributed by atoms with Crippen LogP contribution >= 0.6 is 11.3 Å². The van der Waals surface area contributed by atoms with E-state index in [0.29, 0.717) is 24.3 Å². The Kier molecular flexibility index (Phi) is 8.88. The fraction of sp³-hybridized carbons (Fsp3) is 0.375. The van der Waals surface area contributed by atoms with E-state index < -0.39 is 17.8 Å². The molecule has 176 valence electrons. The third-order valence-corrected chi connectivity index (χ3v) is 5.85. The highest BCUT2D eigenvalue weighted by atomic mass is 32.1. The van der Waals surface area contributed by atoms with E-state index in [0.717, 1.165) is 45.8 Å². The summed E-state index contributed by atoms with van der Waals surface area (Å²) in [6.07, 6.45) is 3.74. The zero-order valence-electron chi connectivity index (χ0n) is 18.8. The van der Waals surface area contributed by atoms with Crippen molar-refractivity contribution in [2.24, 2.45) is 0 Å². The molecule has 0 saturated carbocycles. The third-order valence-electron chi connectivity index (χ3n) is 4.88. The summed E-state index contributed by atoms with van der Waals surface area (Å²) in [6, 6.07) is 11.6. The number of aromatic nitrogens is 2. The topological polar surface area (TPSA) is 99.9 Å². The van der Waals surface area contributed by atoms with Gasteiger partial charge in [-0.1, -0.05) is 43.4 Å². The Morgan fingerprint density at radius 3 is 2.48 bits per heavy atom. The summed E-state index contributed by atoms with van der Waals surface area (Å²) in [5.74, 6) is 0.521. The molecule has 0 aliphatic rings. The Morgan fingerprint density at radius 2 is 1.82 bits per heavy atom. The zero-order chi connectivity index (χ0) is 23.6. The number of aryl methyl sites for hydroxylation is 1. The predicted octanol–water partition coefficient (Wildman–Crippen LogP) is 4.31. The van der Waals surface area contributed by atoms with Crippen LogP contribution in [0.5, 0.6) is 11.6 Å². The van der Waals surface area contributed by atoms with Gasteiger partial charge in [0.25, 0.3) is 0 Å². The molecule has 2 heterocycles. The maximum Gasteiger partial charge on any atom is 0.510 e. The van der Waals surface area contributed by atoms with Crippen molar-refractivity contribution in [2.75, 3.05) is 13.2 Å². The highest BCUT2D eigenvalue weighted by molar-refractivity contribution is 7.09. The van der Waals surface area contributed by atoms with E-state index >= 15 is 0 Å². The van der Waals surface area contributed by atoms with Crippen molar-refractivity contribution >= 4 is 17.5 Å². The van der Waals surface area contributed by atoms with Crippen molar-refractivity contribution in [1.29, 1.82) is 0 Å². The highest BCUT2D eigenvalue weighted by Gasteiger charge is 2.16. The zero-order valence-corrected chi connectivity index (χ0v) is 19.6. The maximum atomic E-state index is 12.2. The average molecular weight is 473 g/mol. The number of nitrogens with zero attached hydrogens (tertiary/aromatic N) is 2. The van der Waals surface area contributed by atoms with Gasteiger partial charge in [0.15, 0.2) is 6.73 Å². The molecule has 0 saturated heterocycles. The Hall–Kier alpha value is -3.33. The first-order valence-corrected chi connectivity index (χ1v) is 11.7. The number of aromatic hydroxyl groups is 1. The van der Waals surface area contributed by atoms with E-state index in [1.807, 2.05) is 43.5 Å². The molecule has 0 radical (unpaired) electrons. The molecule has 8 nitrogen and oxygen atoms in total.